The lowest BCUT2D eigenvalue weighted by Gasteiger charge is -2.06. The van der Waals surface area contributed by atoms with Crippen LogP contribution >= 0.6 is 0 Å². The average Bonchev–Trinajstić information content (AvgIpc) is 2.46. The number of benzene rings is 1. The van der Waals surface area contributed by atoms with Crippen LogP contribution in [0.15, 0.2) is 18.2 Å². The second-order valence-electron chi connectivity index (χ2n) is 4.47. The maximum absolute atomic E-state index is 13.3. The van der Waals surface area contributed by atoms with Gasteiger partial charge < -0.3 is 9.47 Å². The zero-order chi connectivity index (χ0) is 15.7. The van der Waals surface area contributed by atoms with E-state index < -0.39 is 17.6 Å². The van der Waals surface area contributed by atoms with Crippen LogP contribution in [-0.4, -0.2) is 18.5 Å². The van der Waals surface area contributed by atoms with Crippen LogP contribution in [0, 0.1) is 11.6 Å². The van der Waals surface area contributed by atoms with Gasteiger partial charge in [-0.3, -0.25) is 9.59 Å². The van der Waals surface area contributed by atoms with Gasteiger partial charge in [-0.25, -0.2) is 8.78 Å². The Morgan fingerprint density at radius 2 is 1.76 bits per heavy atom. The van der Waals surface area contributed by atoms with Gasteiger partial charge in [0, 0.05) is 18.4 Å². The summed E-state index contributed by atoms with van der Waals surface area (Å²) in [6, 6.07) is 2.94. The van der Waals surface area contributed by atoms with Crippen molar-refractivity contribution in [1.29, 1.82) is 0 Å². The minimum Gasteiger partial charge on any atom is -0.466 e. The Bertz CT molecular complexity index is 489. The molecule has 1 aromatic carbocycles. The minimum absolute atomic E-state index is 0.0225. The maximum Gasteiger partial charge on any atom is 0.306 e. The molecule has 0 saturated carbocycles. The third-order valence-electron chi connectivity index (χ3n) is 2.63. The average molecular weight is 300 g/mol. The predicted octanol–water partition coefficient (Wildman–Crippen LogP) is 3.13. The molecule has 0 unspecified atom stereocenters. The largest absolute Gasteiger partial charge is 0.466 e. The highest BCUT2D eigenvalue weighted by Gasteiger charge is 2.09. The number of carbonyl (C=O) groups excluding carboxylic acids is 2. The zero-order valence-electron chi connectivity index (χ0n) is 11.9. The number of ether oxygens (including phenoxy) is 2. The fourth-order valence-corrected chi connectivity index (χ4v) is 1.55. The van der Waals surface area contributed by atoms with Gasteiger partial charge in [-0.05, 0) is 31.0 Å². The van der Waals surface area contributed by atoms with Crippen LogP contribution in [0.5, 0.6) is 0 Å². The van der Waals surface area contributed by atoms with Crippen LogP contribution in [0.3, 0.4) is 0 Å². The summed E-state index contributed by atoms with van der Waals surface area (Å²) in [5, 5.41) is 0. The molecule has 1 aromatic rings. The van der Waals surface area contributed by atoms with Crippen LogP contribution in [0.25, 0.3) is 0 Å². The van der Waals surface area contributed by atoms with Crippen molar-refractivity contribution >= 4 is 11.9 Å². The lowest BCUT2D eigenvalue weighted by molar-refractivity contribution is -0.146. The second-order valence-corrected chi connectivity index (χ2v) is 4.47. The molecule has 0 atom stereocenters. The number of carbonyl (C=O) groups is 2. The summed E-state index contributed by atoms with van der Waals surface area (Å²) in [6.07, 6.45) is 1.20. The first-order valence-electron chi connectivity index (χ1n) is 6.78. The highest BCUT2D eigenvalue weighted by Crippen LogP contribution is 2.11. The van der Waals surface area contributed by atoms with Crippen molar-refractivity contribution in [3.05, 3.63) is 35.4 Å². The van der Waals surface area contributed by atoms with Crippen LogP contribution in [0.2, 0.25) is 0 Å². The molecule has 0 radical (unpaired) electrons. The first-order chi connectivity index (χ1) is 10.0. The van der Waals surface area contributed by atoms with Gasteiger partial charge in [-0.1, -0.05) is 6.92 Å². The molecule has 4 nitrogen and oxygen atoms in total. The van der Waals surface area contributed by atoms with Crippen molar-refractivity contribution in [2.75, 3.05) is 6.61 Å². The van der Waals surface area contributed by atoms with Crippen LogP contribution in [0.4, 0.5) is 8.78 Å². The molecule has 0 spiro atoms. The monoisotopic (exact) mass is 300 g/mol. The van der Waals surface area contributed by atoms with E-state index >= 15 is 0 Å². The summed E-state index contributed by atoms with van der Waals surface area (Å²) in [5.41, 5.74) is -0.0225. The quantitative estimate of drug-likeness (QED) is 0.692. The van der Waals surface area contributed by atoms with E-state index in [4.69, 9.17) is 9.47 Å². The van der Waals surface area contributed by atoms with E-state index in [2.05, 4.69) is 0 Å². The molecule has 21 heavy (non-hydrogen) atoms. The fourth-order valence-electron chi connectivity index (χ4n) is 1.55. The van der Waals surface area contributed by atoms with E-state index in [0.717, 1.165) is 24.6 Å². The molecule has 1 rings (SSSR count). The molecule has 0 N–H and O–H groups in total. The van der Waals surface area contributed by atoms with Gasteiger partial charge in [0.25, 0.3) is 0 Å². The van der Waals surface area contributed by atoms with Gasteiger partial charge in [0.2, 0.25) is 0 Å². The van der Waals surface area contributed by atoms with Crippen molar-refractivity contribution in [2.45, 2.75) is 39.2 Å². The SMILES string of the molecule is CCCOC(=O)CCCC(=O)OCc1cc(F)ccc1F. The number of rotatable bonds is 8. The molecule has 0 heterocycles. The predicted molar refractivity (Wildman–Crippen MR) is 71.3 cm³/mol. The fraction of sp³-hybridized carbons (Fsp3) is 0.467. The van der Waals surface area contributed by atoms with E-state index in [9.17, 15) is 18.4 Å². The molecule has 0 aromatic heterocycles. The van der Waals surface area contributed by atoms with Crippen molar-refractivity contribution < 1.29 is 27.8 Å². The van der Waals surface area contributed by atoms with Gasteiger partial charge in [0.05, 0.1) is 6.61 Å². The Morgan fingerprint density at radius 1 is 1.10 bits per heavy atom. The number of hydrogen-bond acceptors (Lipinski definition) is 4. The van der Waals surface area contributed by atoms with Gasteiger partial charge in [-0.15, -0.1) is 0 Å². The van der Waals surface area contributed by atoms with Gasteiger partial charge in [0.1, 0.15) is 18.2 Å². The number of esters is 2. The molecular formula is C15H18F2O4. The lowest BCUT2D eigenvalue weighted by atomic mass is 10.2. The Hall–Kier alpha value is -1.98. The Labute approximate surface area is 122 Å². The van der Waals surface area contributed by atoms with E-state index in [-0.39, 0.29) is 31.0 Å². The van der Waals surface area contributed by atoms with Crippen molar-refractivity contribution in [1.82, 2.24) is 0 Å². The topological polar surface area (TPSA) is 52.6 Å². The highest BCUT2D eigenvalue weighted by molar-refractivity contribution is 5.72. The summed E-state index contributed by atoms with van der Waals surface area (Å²) in [4.78, 5) is 22.6. The maximum atomic E-state index is 13.3. The van der Waals surface area contributed by atoms with Crippen molar-refractivity contribution in [3.8, 4) is 0 Å². The lowest BCUT2D eigenvalue weighted by Crippen LogP contribution is -2.09. The second kappa shape index (κ2) is 9.05. The Morgan fingerprint density at radius 3 is 2.43 bits per heavy atom. The minimum atomic E-state index is -0.632. The molecule has 6 heteroatoms. The standard InChI is InChI=1S/C15H18F2O4/c1-2-8-20-14(18)4-3-5-15(19)21-10-11-9-12(16)6-7-13(11)17/h6-7,9H,2-5,8,10H2,1H3. The molecule has 0 aliphatic carbocycles. The molecule has 0 aliphatic rings. The van der Waals surface area contributed by atoms with E-state index in [1.54, 1.807) is 0 Å². The Balaban J connectivity index is 2.25. The summed E-state index contributed by atoms with van der Waals surface area (Å²) in [7, 11) is 0. The summed E-state index contributed by atoms with van der Waals surface area (Å²) in [6.45, 7) is 1.92. The highest BCUT2D eigenvalue weighted by atomic mass is 19.1. The van der Waals surface area contributed by atoms with E-state index in [1.807, 2.05) is 6.92 Å². The van der Waals surface area contributed by atoms with E-state index in [0.29, 0.717) is 13.0 Å². The van der Waals surface area contributed by atoms with Gasteiger partial charge in [0.15, 0.2) is 0 Å². The van der Waals surface area contributed by atoms with Crippen LogP contribution in [-0.2, 0) is 25.7 Å². The van der Waals surface area contributed by atoms with E-state index in [1.165, 1.54) is 0 Å². The molecule has 0 bridgehead atoms. The zero-order valence-corrected chi connectivity index (χ0v) is 11.9. The van der Waals surface area contributed by atoms with Crippen LogP contribution < -0.4 is 0 Å². The molecule has 0 fully saturated rings. The summed E-state index contributed by atoms with van der Waals surface area (Å²) >= 11 is 0. The third-order valence-corrected chi connectivity index (χ3v) is 2.63. The number of hydrogen-bond donors (Lipinski definition) is 0. The van der Waals surface area contributed by atoms with Gasteiger partial charge >= 0.3 is 11.9 Å². The first-order valence-corrected chi connectivity index (χ1v) is 6.78. The molecular weight excluding hydrogens is 282 g/mol. The summed E-state index contributed by atoms with van der Waals surface area (Å²) in [5.74, 6) is -2.16. The smallest absolute Gasteiger partial charge is 0.306 e. The normalized spacial score (nSPS) is 10.2. The molecule has 0 amide bonds. The van der Waals surface area contributed by atoms with Crippen molar-refractivity contribution in [3.63, 3.8) is 0 Å². The first kappa shape index (κ1) is 17.1. The molecule has 0 aliphatic heterocycles. The van der Waals surface area contributed by atoms with Gasteiger partial charge in [-0.2, -0.15) is 0 Å². The molecule has 116 valence electrons. The number of halogens is 2. The van der Waals surface area contributed by atoms with Crippen LogP contribution in [0.1, 0.15) is 38.2 Å². The molecule has 0 saturated heterocycles. The van der Waals surface area contributed by atoms with Crippen molar-refractivity contribution in [2.24, 2.45) is 0 Å². The third kappa shape index (κ3) is 6.83. The Kier molecular flexibility index (Phi) is 7.36. The summed E-state index contributed by atoms with van der Waals surface area (Å²) < 4.78 is 35.9.